The summed E-state index contributed by atoms with van der Waals surface area (Å²) in [6, 6.07) is 19.9. The van der Waals surface area contributed by atoms with Crippen molar-refractivity contribution in [1.82, 2.24) is 0 Å². The van der Waals surface area contributed by atoms with Gasteiger partial charge >= 0.3 is 0 Å². The van der Waals surface area contributed by atoms with E-state index in [0.717, 1.165) is 22.5 Å². The Balaban J connectivity index is 1.82. The Hall–Kier alpha value is -2.70. The number of hydrogen-bond donors (Lipinski definition) is 0. The largest absolute Gasteiger partial charge is 0.294 e. The Morgan fingerprint density at radius 1 is 1.07 bits per heavy atom. The van der Waals surface area contributed by atoms with E-state index in [1.54, 1.807) is 0 Å². The molecule has 1 heterocycles. The van der Waals surface area contributed by atoms with E-state index in [1.165, 1.54) is 0 Å². The highest BCUT2D eigenvalue weighted by atomic mass is 35.5. The predicted octanol–water partition coefficient (Wildman–Crippen LogP) is 5.44. The maximum absolute atomic E-state index is 13.2. The van der Waals surface area contributed by atoms with Crippen molar-refractivity contribution >= 4 is 23.1 Å². The highest BCUT2D eigenvalue weighted by Crippen LogP contribution is 2.47. The fourth-order valence-corrected chi connectivity index (χ4v) is 4.50. The third kappa shape index (κ3) is 3.11. The van der Waals surface area contributed by atoms with Gasteiger partial charge in [0.05, 0.1) is 12.0 Å². The molecule has 0 fully saturated rings. The Kier molecular flexibility index (Phi) is 4.68. The lowest BCUT2D eigenvalue weighted by molar-refractivity contribution is -0.116. The van der Waals surface area contributed by atoms with Gasteiger partial charge in [-0.3, -0.25) is 9.79 Å². The number of carbonyl (C=O) groups is 1. The van der Waals surface area contributed by atoms with Gasteiger partial charge in [0.25, 0.3) is 0 Å². The zero-order chi connectivity index (χ0) is 19.0. The van der Waals surface area contributed by atoms with E-state index < -0.39 is 5.92 Å². The van der Waals surface area contributed by atoms with Crippen molar-refractivity contribution in [2.75, 3.05) is 0 Å². The van der Waals surface area contributed by atoms with Crippen molar-refractivity contribution in [3.63, 3.8) is 0 Å². The normalized spacial score (nSPS) is 24.9. The SMILES string of the molecule is CC1=NC2=C(C(=O)C[C@@H](c3ccccc3)C2)[C@@H](c2ccccc2Cl)C1C#N. The lowest BCUT2D eigenvalue weighted by atomic mass is 9.69. The molecule has 0 bridgehead atoms. The van der Waals surface area contributed by atoms with Crippen LogP contribution in [0.5, 0.6) is 0 Å². The molecule has 27 heavy (non-hydrogen) atoms. The second-order valence-corrected chi connectivity index (χ2v) is 7.57. The lowest BCUT2D eigenvalue weighted by Gasteiger charge is -2.35. The third-order valence-electron chi connectivity index (χ3n) is 5.54. The fraction of sp³-hybridized carbons (Fsp3) is 0.261. The monoisotopic (exact) mass is 374 g/mol. The molecule has 0 saturated heterocycles. The minimum Gasteiger partial charge on any atom is -0.294 e. The zero-order valence-corrected chi connectivity index (χ0v) is 15.8. The van der Waals surface area contributed by atoms with Crippen LogP contribution in [0.4, 0.5) is 0 Å². The van der Waals surface area contributed by atoms with Gasteiger partial charge in [0.15, 0.2) is 5.78 Å². The maximum Gasteiger partial charge on any atom is 0.161 e. The van der Waals surface area contributed by atoms with Gasteiger partial charge in [0, 0.05) is 34.3 Å². The van der Waals surface area contributed by atoms with Crippen molar-refractivity contribution in [1.29, 1.82) is 5.26 Å². The van der Waals surface area contributed by atoms with Crippen LogP contribution in [0.2, 0.25) is 5.02 Å². The van der Waals surface area contributed by atoms with Crippen LogP contribution in [-0.2, 0) is 4.79 Å². The molecule has 134 valence electrons. The molecule has 0 amide bonds. The summed E-state index contributed by atoms with van der Waals surface area (Å²) in [4.78, 5) is 17.9. The first-order valence-electron chi connectivity index (χ1n) is 9.10. The Morgan fingerprint density at radius 2 is 1.78 bits per heavy atom. The van der Waals surface area contributed by atoms with Crippen LogP contribution in [0.25, 0.3) is 0 Å². The molecule has 2 aromatic rings. The van der Waals surface area contributed by atoms with Crippen LogP contribution in [0, 0.1) is 17.2 Å². The maximum atomic E-state index is 13.2. The number of nitriles is 1. The van der Waals surface area contributed by atoms with Gasteiger partial charge < -0.3 is 0 Å². The quantitative estimate of drug-likeness (QED) is 0.702. The molecule has 0 saturated carbocycles. The third-order valence-corrected chi connectivity index (χ3v) is 5.88. The molecule has 3 nitrogen and oxygen atoms in total. The molecule has 0 spiro atoms. The molecule has 0 N–H and O–H groups in total. The second-order valence-electron chi connectivity index (χ2n) is 7.16. The van der Waals surface area contributed by atoms with E-state index in [1.807, 2.05) is 49.4 Å². The number of allylic oxidation sites excluding steroid dienone is 2. The number of halogens is 1. The first-order valence-corrected chi connectivity index (χ1v) is 9.48. The number of ketones is 1. The number of rotatable bonds is 2. The van der Waals surface area contributed by atoms with Crippen LogP contribution >= 0.6 is 11.6 Å². The Morgan fingerprint density at radius 3 is 2.48 bits per heavy atom. The topological polar surface area (TPSA) is 53.2 Å². The molecule has 1 unspecified atom stereocenters. The number of carbonyl (C=O) groups excluding carboxylic acids is 1. The first-order chi connectivity index (χ1) is 13.1. The summed E-state index contributed by atoms with van der Waals surface area (Å²) in [5.41, 5.74) is 4.23. The number of aliphatic imine (C=N–C) groups is 1. The minimum absolute atomic E-state index is 0.0755. The van der Waals surface area contributed by atoms with Crippen LogP contribution < -0.4 is 0 Å². The summed E-state index contributed by atoms with van der Waals surface area (Å²) in [5, 5.41) is 10.4. The van der Waals surface area contributed by atoms with Gasteiger partial charge in [-0.05, 0) is 36.5 Å². The number of hydrogen-bond acceptors (Lipinski definition) is 3. The summed E-state index contributed by atoms with van der Waals surface area (Å²) in [5.74, 6) is -0.618. The van der Waals surface area contributed by atoms with E-state index in [9.17, 15) is 10.1 Å². The lowest BCUT2D eigenvalue weighted by Crippen LogP contribution is -2.32. The van der Waals surface area contributed by atoms with Crippen LogP contribution in [0.1, 0.15) is 42.7 Å². The highest BCUT2D eigenvalue weighted by Gasteiger charge is 2.41. The summed E-state index contributed by atoms with van der Waals surface area (Å²) in [6.45, 7) is 1.87. The van der Waals surface area contributed by atoms with Crippen LogP contribution in [0.3, 0.4) is 0 Å². The van der Waals surface area contributed by atoms with Crippen LogP contribution in [0.15, 0.2) is 70.9 Å². The molecule has 2 aliphatic rings. The summed E-state index contributed by atoms with van der Waals surface area (Å²) in [7, 11) is 0. The van der Waals surface area contributed by atoms with Gasteiger partial charge in [-0.25, -0.2) is 0 Å². The molecule has 2 aromatic carbocycles. The molecule has 0 aromatic heterocycles. The molecule has 0 radical (unpaired) electrons. The molecule has 3 atom stereocenters. The average Bonchev–Trinajstić information content (AvgIpc) is 2.68. The smallest absolute Gasteiger partial charge is 0.161 e. The van der Waals surface area contributed by atoms with Crippen molar-refractivity contribution in [2.24, 2.45) is 10.9 Å². The number of Topliss-reactive ketones (excluding diaryl/α,β-unsaturated/α-hetero) is 1. The Bertz CT molecular complexity index is 1000. The molecule has 1 aliphatic carbocycles. The van der Waals surface area contributed by atoms with Gasteiger partial charge in [-0.15, -0.1) is 0 Å². The predicted molar refractivity (Wildman–Crippen MR) is 107 cm³/mol. The molecule has 4 rings (SSSR count). The van der Waals surface area contributed by atoms with Gasteiger partial charge in [0.1, 0.15) is 0 Å². The first kappa shape index (κ1) is 17.7. The van der Waals surface area contributed by atoms with Crippen molar-refractivity contribution in [3.05, 3.63) is 82.0 Å². The fourth-order valence-electron chi connectivity index (χ4n) is 4.25. The van der Waals surface area contributed by atoms with E-state index in [4.69, 9.17) is 16.6 Å². The van der Waals surface area contributed by atoms with E-state index in [-0.39, 0.29) is 17.6 Å². The van der Waals surface area contributed by atoms with E-state index in [0.29, 0.717) is 23.4 Å². The van der Waals surface area contributed by atoms with Gasteiger partial charge in [0.2, 0.25) is 0 Å². The van der Waals surface area contributed by atoms with Crippen molar-refractivity contribution < 1.29 is 4.79 Å². The Labute approximate surface area is 164 Å². The molecule has 1 aliphatic heterocycles. The average molecular weight is 375 g/mol. The molecular formula is C23H19ClN2O. The number of nitrogens with zero attached hydrogens (tertiary/aromatic N) is 2. The van der Waals surface area contributed by atoms with Crippen molar-refractivity contribution in [3.8, 4) is 6.07 Å². The summed E-state index contributed by atoms with van der Waals surface area (Å²) < 4.78 is 0. The van der Waals surface area contributed by atoms with E-state index >= 15 is 0 Å². The second kappa shape index (κ2) is 7.13. The van der Waals surface area contributed by atoms with Gasteiger partial charge in [-0.1, -0.05) is 60.1 Å². The van der Waals surface area contributed by atoms with Crippen LogP contribution in [-0.4, -0.2) is 11.5 Å². The van der Waals surface area contributed by atoms with E-state index in [2.05, 4.69) is 18.2 Å². The minimum atomic E-state index is -0.471. The highest BCUT2D eigenvalue weighted by molar-refractivity contribution is 6.31. The molecular weight excluding hydrogens is 356 g/mol. The van der Waals surface area contributed by atoms with Gasteiger partial charge in [-0.2, -0.15) is 5.26 Å². The summed E-state index contributed by atoms with van der Waals surface area (Å²) >= 11 is 6.45. The number of benzene rings is 2. The standard InChI is InChI=1S/C23H19ClN2O/c1-14-18(13-25)22(17-9-5-6-10-19(17)24)23-20(26-14)11-16(12-21(23)27)15-7-3-2-4-8-15/h2-10,16,18,22H,11-12H2,1H3/t16-,18?,22-/m0/s1. The zero-order valence-electron chi connectivity index (χ0n) is 15.0. The summed E-state index contributed by atoms with van der Waals surface area (Å²) in [6.07, 6.45) is 1.15. The van der Waals surface area contributed by atoms with Crippen molar-refractivity contribution in [2.45, 2.75) is 31.6 Å². The molecule has 4 heteroatoms.